The molecule has 4 nitrogen and oxygen atoms in total. The standard InChI is InChI=1S/C21H27NO3/c1-4-22(5-2)15-14-21(20(23)24,17-10-7-6-8-11-17)18-12-9-13-19(16-18)25-3/h6-13,16H,4-5,14-15H2,1-3H3,(H,23,24). The van der Waals surface area contributed by atoms with Gasteiger partial charge >= 0.3 is 5.97 Å². The fraction of sp³-hybridized carbons (Fsp3) is 0.381. The van der Waals surface area contributed by atoms with Gasteiger partial charge in [0.15, 0.2) is 0 Å². The molecule has 0 amide bonds. The Morgan fingerprint density at radius 1 is 1.04 bits per heavy atom. The quantitative estimate of drug-likeness (QED) is 0.754. The Hall–Kier alpha value is -2.33. The van der Waals surface area contributed by atoms with Gasteiger partial charge in [0, 0.05) is 0 Å². The fourth-order valence-corrected chi connectivity index (χ4v) is 3.29. The van der Waals surface area contributed by atoms with Gasteiger partial charge in [0.1, 0.15) is 11.2 Å². The zero-order valence-corrected chi connectivity index (χ0v) is 15.2. The summed E-state index contributed by atoms with van der Waals surface area (Å²) in [7, 11) is 1.60. The van der Waals surface area contributed by atoms with Gasteiger partial charge in [-0.15, -0.1) is 0 Å². The molecule has 0 heterocycles. The van der Waals surface area contributed by atoms with Crippen molar-refractivity contribution in [1.82, 2.24) is 4.90 Å². The van der Waals surface area contributed by atoms with Crippen LogP contribution in [0.1, 0.15) is 31.4 Å². The molecule has 0 spiro atoms. The average Bonchev–Trinajstić information content (AvgIpc) is 2.66. The molecule has 134 valence electrons. The lowest BCUT2D eigenvalue weighted by molar-refractivity contribution is -0.142. The van der Waals surface area contributed by atoms with Crippen LogP contribution in [-0.4, -0.2) is 42.7 Å². The maximum Gasteiger partial charge on any atom is 0.318 e. The smallest absolute Gasteiger partial charge is 0.318 e. The Labute approximate surface area is 150 Å². The molecule has 1 atom stereocenters. The molecule has 0 radical (unpaired) electrons. The number of hydrogen-bond donors (Lipinski definition) is 1. The van der Waals surface area contributed by atoms with Crippen LogP contribution in [0.4, 0.5) is 0 Å². The van der Waals surface area contributed by atoms with Crippen LogP contribution in [0.3, 0.4) is 0 Å². The van der Waals surface area contributed by atoms with Gasteiger partial charge in [-0.05, 0) is 49.3 Å². The van der Waals surface area contributed by atoms with Crippen molar-refractivity contribution in [2.75, 3.05) is 26.7 Å². The minimum absolute atomic E-state index is 0.501. The van der Waals surface area contributed by atoms with Crippen molar-refractivity contribution >= 4 is 5.97 Å². The monoisotopic (exact) mass is 341 g/mol. The number of rotatable bonds is 9. The Kier molecular flexibility index (Phi) is 6.59. The largest absolute Gasteiger partial charge is 0.497 e. The number of benzene rings is 2. The third kappa shape index (κ3) is 4.02. The van der Waals surface area contributed by atoms with Crippen molar-refractivity contribution in [3.8, 4) is 5.75 Å². The highest BCUT2D eigenvalue weighted by Gasteiger charge is 2.42. The number of carboxylic acids is 1. The number of ether oxygens (including phenoxy) is 1. The van der Waals surface area contributed by atoms with Gasteiger partial charge in [0.25, 0.3) is 0 Å². The van der Waals surface area contributed by atoms with Gasteiger partial charge in [-0.25, -0.2) is 0 Å². The molecule has 0 aliphatic rings. The van der Waals surface area contributed by atoms with Crippen LogP contribution in [0.25, 0.3) is 0 Å². The Morgan fingerprint density at radius 3 is 2.24 bits per heavy atom. The minimum Gasteiger partial charge on any atom is -0.497 e. The van der Waals surface area contributed by atoms with Gasteiger partial charge in [-0.3, -0.25) is 4.79 Å². The molecule has 1 N–H and O–H groups in total. The molecule has 0 saturated heterocycles. The third-order valence-corrected chi connectivity index (χ3v) is 4.89. The molecule has 0 fully saturated rings. The molecule has 0 saturated carbocycles. The number of hydrogen-bond acceptors (Lipinski definition) is 3. The van der Waals surface area contributed by atoms with Crippen LogP contribution >= 0.6 is 0 Å². The average molecular weight is 341 g/mol. The van der Waals surface area contributed by atoms with Crippen LogP contribution in [0.15, 0.2) is 54.6 Å². The molecule has 0 aromatic heterocycles. The van der Waals surface area contributed by atoms with E-state index < -0.39 is 11.4 Å². The predicted octanol–water partition coefficient (Wildman–Crippen LogP) is 3.80. The van der Waals surface area contributed by atoms with Crippen LogP contribution < -0.4 is 4.74 Å². The molecule has 2 aromatic carbocycles. The fourth-order valence-electron chi connectivity index (χ4n) is 3.29. The van der Waals surface area contributed by atoms with Crippen molar-refractivity contribution < 1.29 is 14.6 Å². The Balaban J connectivity index is 2.57. The Morgan fingerprint density at radius 2 is 1.68 bits per heavy atom. The normalized spacial score (nSPS) is 13.4. The highest BCUT2D eigenvalue weighted by atomic mass is 16.5. The van der Waals surface area contributed by atoms with E-state index in [1.165, 1.54) is 0 Å². The first-order chi connectivity index (χ1) is 12.1. The van der Waals surface area contributed by atoms with Gasteiger partial charge in [0.2, 0.25) is 0 Å². The first kappa shape index (κ1) is 19.0. The van der Waals surface area contributed by atoms with E-state index in [0.717, 1.165) is 24.2 Å². The summed E-state index contributed by atoms with van der Waals surface area (Å²) in [5.74, 6) is -0.166. The zero-order valence-electron chi connectivity index (χ0n) is 15.2. The number of carbonyl (C=O) groups is 1. The number of nitrogens with zero attached hydrogens (tertiary/aromatic N) is 1. The van der Waals surface area contributed by atoms with Gasteiger partial charge < -0.3 is 14.7 Å². The molecule has 0 bridgehead atoms. The molecule has 25 heavy (non-hydrogen) atoms. The van der Waals surface area contributed by atoms with Gasteiger partial charge in [-0.2, -0.15) is 0 Å². The maximum absolute atomic E-state index is 12.6. The number of aliphatic carboxylic acids is 1. The van der Waals surface area contributed by atoms with E-state index in [0.29, 0.717) is 18.7 Å². The third-order valence-electron chi connectivity index (χ3n) is 4.89. The molecule has 2 rings (SSSR count). The van der Waals surface area contributed by atoms with Crippen molar-refractivity contribution in [1.29, 1.82) is 0 Å². The lowest BCUT2D eigenvalue weighted by atomic mass is 9.72. The molecule has 4 heteroatoms. The van der Waals surface area contributed by atoms with Gasteiger partial charge in [-0.1, -0.05) is 56.3 Å². The summed E-state index contributed by atoms with van der Waals surface area (Å²) >= 11 is 0. The maximum atomic E-state index is 12.6. The van der Waals surface area contributed by atoms with E-state index >= 15 is 0 Å². The first-order valence-electron chi connectivity index (χ1n) is 8.74. The molecule has 0 aliphatic heterocycles. The molecular weight excluding hydrogens is 314 g/mol. The van der Waals surface area contributed by atoms with Crippen molar-refractivity contribution in [3.63, 3.8) is 0 Å². The summed E-state index contributed by atoms with van der Waals surface area (Å²) in [5, 5.41) is 10.3. The second kappa shape index (κ2) is 8.67. The summed E-state index contributed by atoms with van der Waals surface area (Å²) in [6.45, 7) is 6.71. The van der Waals surface area contributed by atoms with Crippen LogP contribution in [0.2, 0.25) is 0 Å². The van der Waals surface area contributed by atoms with Gasteiger partial charge in [0.05, 0.1) is 7.11 Å². The van der Waals surface area contributed by atoms with Crippen molar-refractivity contribution in [2.24, 2.45) is 0 Å². The summed E-state index contributed by atoms with van der Waals surface area (Å²) in [6.07, 6.45) is 0.501. The first-order valence-corrected chi connectivity index (χ1v) is 8.74. The molecule has 2 aromatic rings. The van der Waals surface area contributed by atoms with E-state index in [2.05, 4.69) is 18.7 Å². The second-order valence-electron chi connectivity index (χ2n) is 6.09. The lowest BCUT2D eigenvalue weighted by Crippen LogP contribution is -2.41. The summed E-state index contributed by atoms with van der Waals surface area (Å²) in [4.78, 5) is 14.8. The second-order valence-corrected chi connectivity index (χ2v) is 6.09. The van der Waals surface area contributed by atoms with Crippen LogP contribution in [0, 0.1) is 0 Å². The SMILES string of the molecule is CCN(CC)CCC(C(=O)O)(c1ccccc1)c1cccc(OC)c1. The van der Waals surface area contributed by atoms with Crippen LogP contribution in [0.5, 0.6) is 5.75 Å². The van der Waals surface area contributed by atoms with Crippen molar-refractivity contribution in [3.05, 3.63) is 65.7 Å². The number of methoxy groups -OCH3 is 1. The van der Waals surface area contributed by atoms with E-state index in [9.17, 15) is 9.90 Å². The topological polar surface area (TPSA) is 49.8 Å². The van der Waals surface area contributed by atoms with E-state index in [4.69, 9.17) is 4.74 Å². The predicted molar refractivity (Wildman–Crippen MR) is 100 cm³/mol. The summed E-state index contributed by atoms with van der Waals surface area (Å²) in [6, 6.07) is 16.9. The van der Waals surface area contributed by atoms with Crippen molar-refractivity contribution in [2.45, 2.75) is 25.7 Å². The highest BCUT2D eigenvalue weighted by Crippen LogP contribution is 2.37. The number of carboxylic acid groups (broad SMARTS) is 1. The van der Waals surface area contributed by atoms with E-state index in [1.54, 1.807) is 7.11 Å². The Bertz CT molecular complexity index is 683. The zero-order chi connectivity index (χ0) is 18.3. The van der Waals surface area contributed by atoms with E-state index in [-0.39, 0.29) is 0 Å². The minimum atomic E-state index is -1.10. The molecule has 1 unspecified atom stereocenters. The summed E-state index contributed by atoms with van der Waals surface area (Å²) < 4.78 is 5.33. The lowest BCUT2D eigenvalue weighted by Gasteiger charge is -2.33. The van der Waals surface area contributed by atoms with Crippen LogP contribution in [-0.2, 0) is 10.2 Å². The summed E-state index contributed by atoms with van der Waals surface area (Å²) in [5.41, 5.74) is 0.443. The molecular formula is C21H27NO3. The molecule has 0 aliphatic carbocycles. The highest BCUT2D eigenvalue weighted by molar-refractivity contribution is 5.86. The van der Waals surface area contributed by atoms with E-state index in [1.807, 2.05) is 54.6 Å².